The molecule has 0 atom stereocenters. The highest BCUT2D eigenvalue weighted by molar-refractivity contribution is 6.01. The molecule has 0 unspecified atom stereocenters. The predicted octanol–water partition coefficient (Wildman–Crippen LogP) is 3.35. The van der Waals surface area contributed by atoms with Crippen LogP contribution in [0.3, 0.4) is 0 Å². The van der Waals surface area contributed by atoms with Gasteiger partial charge < -0.3 is 15.0 Å². The number of nitrogens with one attached hydrogen (secondary N) is 1. The Morgan fingerprint density at radius 3 is 2.67 bits per heavy atom. The molecule has 1 aromatic carbocycles. The average molecular weight is 328 g/mol. The number of carbonyl (C=O) groups excluding carboxylic acids is 1. The zero-order valence-electron chi connectivity index (χ0n) is 14.4. The van der Waals surface area contributed by atoms with Crippen LogP contribution in [0.2, 0.25) is 0 Å². The van der Waals surface area contributed by atoms with E-state index in [0.29, 0.717) is 5.92 Å². The largest absolute Gasteiger partial charge is 0.490 e. The molecule has 1 saturated carbocycles. The number of hydrogen-bond acceptors (Lipinski definition) is 3. The van der Waals surface area contributed by atoms with E-state index < -0.39 is 0 Å². The summed E-state index contributed by atoms with van der Waals surface area (Å²) in [6, 6.07) is 6.11. The molecule has 0 bridgehead atoms. The van der Waals surface area contributed by atoms with Crippen molar-refractivity contribution in [3.63, 3.8) is 0 Å². The summed E-state index contributed by atoms with van der Waals surface area (Å²) in [5.41, 5.74) is 1.97. The van der Waals surface area contributed by atoms with Crippen molar-refractivity contribution in [2.75, 3.05) is 19.6 Å². The summed E-state index contributed by atoms with van der Waals surface area (Å²) in [5.74, 6) is 1.62. The van der Waals surface area contributed by atoms with E-state index in [4.69, 9.17) is 4.74 Å². The van der Waals surface area contributed by atoms with Crippen molar-refractivity contribution in [1.29, 1.82) is 0 Å². The van der Waals surface area contributed by atoms with Crippen molar-refractivity contribution in [3.8, 4) is 5.75 Å². The first-order valence-corrected chi connectivity index (χ1v) is 9.60. The molecule has 2 heterocycles. The zero-order chi connectivity index (χ0) is 16.4. The summed E-state index contributed by atoms with van der Waals surface area (Å²) in [5, 5.41) is 3.40. The molecule has 1 aromatic rings. The molecule has 24 heavy (non-hydrogen) atoms. The highest BCUT2D eigenvalue weighted by Crippen LogP contribution is 2.34. The van der Waals surface area contributed by atoms with E-state index >= 15 is 0 Å². The lowest BCUT2D eigenvalue weighted by Gasteiger charge is -2.27. The van der Waals surface area contributed by atoms with Crippen molar-refractivity contribution in [2.45, 2.75) is 57.6 Å². The molecule has 3 aliphatic rings. The van der Waals surface area contributed by atoms with Crippen LogP contribution < -0.4 is 10.1 Å². The average Bonchev–Trinajstić information content (AvgIpc) is 2.94. The first-order valence-electron chi connectivity index (χ1n) is 9.60. The maximum absolute atomic E-state index is 13.0. The van der Waals surface area contributed by atoms with Crippen LogP contribution in [0, 0.1) is 5.92 Å². The Morgan fingerprint density at radius 2 is 1.88 bits per heavy atom. The van der Waals surface area contributed by atoms with E-state index in [1.54, 1.807) is 0 Å². The fourth-order valence-electron chi connectivity index (χ4n) is 4.37. The SMILES string of the molecule is O=C1c2c(cccc2OC2CCCCC2)CN1CC1CCNCC1. The van der Waals surface area contributed by atoms with Crippen LogP contribution in [0.15, 0.2) is 18.2 Å². The van der Waals surface area contributed by atoms with Gasteiger partial charge in [0.2, 0.25) is 0 Å². The fourth-order valence-corrected chi connectivity index (χ4v) is 4.37. The van der Waals surface area contributed by atoms with Crippen LogP contribution in [-0.2, 0) is 6.54 Å². The molecule has 4 rings (SSSR count). The molecule has 1 saturated heterocycles. The Labute approximate surface area is 144 Å². The number of piperidine rings is 1. The van der Waals surface area contributed by atoms with E-state index in [-0.39, 0.29) is 12.0 Å². The maximum atomic E-state index is 13.0. The van der Waals surface area contributed by atoms with Crippen LogP contribution in [0.1, 0.15) is 60.9 Å². The second-order valence-corrected chi connectivity index (χ2v) is 7.55. The summed E-state index contributed by atoms with van der Waals surface area (Å²) in [6.07, 6.45) is 8.68. The Bertz CT molecular complexity index is 589. The number of fused-ring (bicyclic) bond motifs is 1. The topological polar surface area (TPSA) is 41.6 Å². The second-order valence-electron chi connectivity index (χ2n) is 7.55. The van der Waals surface area contributed by atoms with Gasteiger partial charge in [-0.05, 0) is 69.2 Å². The number of ether oxygens (including phenoxy) is 1. The molecule has 1 aliphatic carbocycles. The maximum Gasteiger partial charge on any atom is 0.258 e. The quantitative estimate of drug-likeness (QED) is 0.921. The minimum atomic E-state index is 0.176. The van der Waals surface area contributed by atoms with Crippen LogP contribution in [-0.4, -0.2) is 36.5 Å². The Kier molecular flexibility index (Phi) is 4.74. The number of hydrogen-bond donors (Lipinski definition) is 1. The third-order valence-corrected chi connectivity index (χ3v) is 5.76. The molecule has 2 fully saturated rings. The minimum Gasteiger partial charge on any atom is -0.490 e. The van der Waals surface area contributed by atoms with Crippen LogP contribution in [0.25, 0.3) is 0 Å². The molecule has 0 spiro atoms. The zero-order valence-corrected chi connectivity index (χ0v) is 14.4. The second kappa shape index (κ2) is 7.14. The van der Waals surface area contributed by atoms with E-state index in [9.17, 15) is 4.79 Å². The van der Waals surface area contributed by atoms with E-state index in [0.717, 1.165) is 55.9 Å². The van der Waals surface area contributed by atoms with Gasteiger partial charge in [0.25, 0.3) is 5.91 Å². The Hall–Kier alpha value is -1.55. The highest BCUT2D eigenvalue weighted by atomic mass is 16.5. The van der Waals surface area contributed by atoms with Gasteiger partial charge in [-0.25, -0.2) is 0 Å². The molecule has 1 amide bonds. The molecule has 4 nitrogen and oxygen atoms in total. The van der Waals surface area contributed by atoms with Crippen LogP contribution in [0.4, 0.5) is 0 Å². The minimum absolute atomic E-state index is 0.176. The standard InChI is InChI=1S/C20H28N2O2/c23-20-19-16(14-22(20)13-15-9-11-21-12-10-15)5-4-8-18(19)24-17-6-2-1-3-7-17/h4-5,8,15,17,21H,1-3,6-7,9-14H2. The van der Waals surface area contributed by atoms with Gasteiger partial charge in [0.1, 0.15) is 5.75 Å². The molecule has 2 aliphatic heterocycles. The van der Waals surface area contributed by atoms with Gasteiger partial charge in [-0.15, -0.1) is 0 Å². The molecular formula is C20H28N2O2. The van der Waals surface area contributed by atoms with E-state index in [1.807, 2.05) is 17.0 Å². The van der Waals surface area contributed by atoms with Crippen molar-refractivity contribution in [2.24, 2.45) is 5.92 Å². The van der Waals surface area contributed by atoms with Gasteiger partial charge in [0.05, 0.1) is 11.7 Å². The molecule has 0 aromatic heterocycles. The monoisotopic (exact) mass is 328 g/mol. The van der Waals surface area contributed by atoms with Gasteiger partial charge in [-0.2, -0.15) is 0 Å². The predicted molar refractivity (Wildman–Crippen MR) is 94.3 cm³/mol. The Morgan fingerprint density at radius 1 is 1.08 bits per heavy atom. The summed E-state index contributed by atoms with van der Waals surface area (Å²) >= 11 is 0. The summed E-state index contributed by atoms with van der Waals surface area (Å²) in [4.78, 5) is 15.0. The molecule has 130 valence electrons. The summed E-state index contributed by atoms with van der Waals surface area (Å²) in [7, 11) is 0. The third kappa shape index (κ3) is 3.30. The van der Waals surface area contributed by atoms with Gasteiger partial charge in [0.15, 0.2) is 0 Å². The highest BCUT2D eigenvalue weighted by Gasteiger charge is 2.33. The van der Waals surface area contributed by atoms with Crippen molar-refractivity contribution in [1.82, 2.24) is 10.2 Å². The normalized spacial score (nSPS) is 22.7. The molecule has 1 N–H and O–H groups in total. The molecule has 0 radical (unpaired) electrons. The van der Waals surface area contributed by atoms with Crippen LogP contribution >= 0.6 is 0 Å². The fraction of sp³-hybridized carbons (Fsp3) is 0.650. The van der Waals surface area contributed by atoms with Crippen molar-refractivity contribution >= 4 is 5.91 Å². The van der Waals surface area contributed by atoms with Gasteiger partial charge >= 0.3 is 0 Å². The number of benzene rings is 1. The number of carbonyl (C=O) groups is 1. The summed E-state index contributed by atoms with van der Waals surface area (Å²) in [6.45, 7) is 3.80. The van der Waals surface area contributed by atoms with Crippen LogP contribution in [0.5, 0.6) is 5.75 Å². The first kappa shape index (κ1) is 15.9. The van der Waals surface area contributed by atoms with Gasteiger partial charge in [-0.1, -0.05) is 18.6 Å². The lowest BCUT2D eigenvalue weighted by Crippen LogP contribution is -2.36. The number of nitrogens with zero attached hydrogens (tertiary/aromatic N) is 1. The molecule has 4 heteroatoms. The van der Waals surface area contributed by atoms with Crippen molar-refractivity contribution < 1.29 is 9.53 Å². The third-order valence-electron chi connectivity index (χ3n) is 5.76. The summed E-state index contributed by atoms with van der Waals surface area (Å²) < 4.78 is 6.25. The smallest absolute Gasteiger partial charge is 0.258 e. The van der Waals surface area contributed by atoms with E-state index in [1.165, 1.54) is 32.1 Å². The van der Waals surface area contributed by atoms with Gasteiger partial charge in [0, 0.05) is 13.1 Å². The van der Waals surface area contributed by atoms with Gasteiger partial charge in [-0.3, -0.25) is 4.79 Å². The first-order chi connectivity index (χ1) is 11.8. The molecular weight excluding hydrogens is 300 g/mol. The van der Waals surface area contributed by atoms with E-state index in [2.05, 4.69) is 11.4 Å². The lowest BCUT2D eigenvalue weighted by atomic mass is 9.97. The lowest BCUT2D eigenvalue weighted by molar-refractivity contribution is 0.0733. The Balaban J connectivity index is 1.47. The number of amides is 1. The number of rotatable bonds is 4. The van der Waals surface area contributed by atoms with Crippen molar-refractivity contribution in [3.05, 3.63) is 29.3 Å².